The first kappa shape index (κ1) is 17.5. The molecule has 0 aromatic carbocycles. The van der Waals surface area contributed by atoms with E-state index >= 15 is 0 Å². The van der Waals surface area contributed by atoms with Crippen LogP contribution in [0.2, 0.25) is 0 Å². The molecule has 2 aliphatic rings. The number of nitrogens with zero attached hydrogens (tertiary/aromatic N) is 1. The zero-order valence-corrected chi connectivity index (χ0v) is 16.2. The summed E-state index contributed by atoms with van der Waals surface area (Å²) in [4.78, 5) is 21.1. The minimum atomic E-state index is 0.0205. The van der Waals surface area contributed by atoms with Crippen LogP contribution in [0.4, 0.5) is 0 Å². The van der Waals surface area contributed by atoms with Gasteiger partial charge in [0.05, 0.1) is 29.6 Å². The van der Waals surface area contributed by atoms with Crippen molar-refractivity contribution in [2.75, 3.05) is 7.11 Å². The number of carbonyl (C=O) groups excluding carboxylic acids is 1. The van der Waals surface area contributed by atoms with E-state index in [1.54, 1.807) is 7.11 Å². The van der Waals surface area contributed by atoms with E-state index in [0.717, 1.165) is 46.8 Å². The molecule has 25 heavy (non-hydrogen) atoms. The zero-order chi connectivity index (χ0) is 18.5. The number of methoxy groups -OCH3 is 1. The Labute approximate surface area is 149 Å². The van der Waals surface area contributed by atoms with Crippen molar-refractivity contribution in [3.05, 3.63) is 50.7 Å². The molecule has 1 N–H and O–H groups in total. The maximum absolute atomic E-state index is 13.0. The predicted molar refractivity (Wildman–Crippen MR) is 102 cm³/mol. The molecule has 1 aliphatic carbocycles. The molecule has 0 spiro atoms. The van der Waals surface area contributed by atoms with Gasteiger partial charge in [0.25, 0.3) is 0 Å². The summed E-state index contributed by atoms with van der Waals surface area (Å²) in [7, 11) is 1.62. The van der Waals surface area contributed by atoms with Crippen molar-refractivity contribution in [3.8, 4) is 0 Å². The van der Waals surface area contributed by atoms with Crippen molar-refractivity contribution in [3.63, 3.8) is 0 Å². The van der Waals surface area contributed by atoms with Crippen LogP contribution in [0.1, 0.15) is 56.6 Å². The van der Waals surface area contributed by atoms with Crippen LogP contribution in [-0.4, -0.2) is 23.6 Å². The van der Waals surface area contributed by atoms with Crippen LogP contribution >= 0.6 is 0 Å². The highest BCUT2D eigenvalue weighted by molar-refractivity contribution is 6.39. The Bertz CT molecular complexity index is 905. The average Bonchev–Trinajstić information content (AvgIpc) is 3.00. The normalized spacial score (nSPS) is 20.4. The van der Waals surface area contributed by atoms with Crippen molar-refractivity contribution in [1.82, 2.24) is 4.98 Å². The summed E-state index contributed by atoms with van der Waals surface area (Å²) in [5.74, 6) is 0.673. The molecule has 0 fully saturated rings. The lowest BCUT2D eigenvalue weighted by atomic mass is 9.82. The Hall–Kier alpha value is -2.36. The Morgan fingerprint density at radius 1 is 1.04 bits per heavy atom. The molecule has 1 aromatic rings. The summed E-state index contributed by atoms with van der Waals surface area (Å²) in [6, 6.07) is 0. The molecule has 4 heteroatoms. The van der Waals surface area contributed by atoms with E-state index in [-0.39, 0.29) is 5.78 Å². The molecule has 1 aromatic heterocycles. The van der Waals surface area contributed by atoms with E-state index < -0.39 is 0 Å². The quantitative estimate of drug-likeness (QED) is 0.816. The number of Topliss-reactive ketones (excluding diaryl/α,β-unsaturated/α-hetero) is 1. The number of aryl methyl sites for hydroxylation is 1. The van der Waals surface area contributed by atoms with Crippen molar-refractivity contribution < 1.29 is 9.53 Å². The number of aromatic nitrogens is 1. The van der Waals surface area contributed by atoms with Crippen molar-refractivity contribution in [2.24, 2.45) is 4.99 Å². The third-order valence-corrected chi connectivity index (χ3v) is 5.42. The van der Waals surface area contributed by atoms with E-state index in [1.165, 1.54) is 11.1 Å². The highest BCUT2D eigenvalue weighted by atomic mass is 16.5. The summed E-state index contributed by atoms with van der Waals surface area (Å²) in [5, 5.41) is 0. The summed E-state index contributed by atoms with van der Waals surface area (Å²) in [6.07, 6.45) is 1.86. The molecule has 4 nitrogen and oxygen atoms in total. The fourth-order valence-corrected chi connectivity index (χ4v) is 4.11. The molecule has 0 saturated carbocycles. The lowest BCUT2D eigenvalue weighted by Crippen LogP contribution is -2.24. The number of ketones is 1. The van der Waals surface area contributed by atoms with Crippen LogP contribution in [0.15, 0.2) is 33.2 Å². The van der Waals surface area contributed by atoms with E-state index in [1.807, 2.05) is 13.8 Å². The standard InChI is InChI=1S/C21H26N2O2/c1-8-14-10(3)18(22-12(14)5)16-20(24)17(21(16)25-7)19-11(4)15(9-2)13(6)23-19/h22H,8-9H2,1-7H3/b19-17-. The Kier molecular flexibility index (Phi) is 4.31. The Morgan fingerprint density at radius 2 is 1.72 bits per heavy atom. The molecule has 3 rings (SSSR count). The van der Waals surface area contributed by atoms with Crippen LogP contribution in [0.3, 0.4) is 0 Å². The van der Waals surface area contributed by atoms with Gasteiger partial charge in [0.1, 0.15) is 5.76 Å². The summed E-state index contributed by atoms with van der Waals surface area (Å²) >= 11 is 0. The van der Waals surface area contributed by atoms with E-state index in [0.29, 0.717) is 16.9 Å². The highest BCUT2D eigenvalue weighted by Crippen LogP contribution is 2.44. The van der Waals surface area contributed by atoms with Gasteiger partial charge in [-0.15, -0.1) is 0 Å². The van der Waals surface area contributed by atoms with Gasteiger partial charge in [-0.05, 0) is 62.8 Å². The number of allylic oxidation sites excluding steroid dienone is 4. The molecular formula is C21H26N2O2. The predicted octanol–water partition coefficient (Wildman–Crippen LogP) is 4.59. The largest absolute Gasteiger partial charge is 0.495 e. The fraction of sp³-hybridized carbons (Fsp3) is 0.429. The van der Waals surface area contributed by atoms with Crippen LogP contribution < -0.4 is 0 Å². The molecule has 1 aliphatic heterocycles. The number of aromatic amines is 1. The Morgan fingerprint density at radius 3 is 2.20 bits per heavy atom. The summed E-state index contributed by atoms with van der Waals surface area (Å²) in [6.45, 7) is 12.4. The van der Waals surface area contributed by atoms with Gasteiger partial charge >= 0.3 is 0 Å². The SMILES string of the molecule is CCC1=C(C)/C(=C2\C(=O)C(c3[nH]c(C)c(CC)c3C)=C2OC)N=C1C. The summed E-state index contributed by atoms with van der Waals surface area (Å²) < 4.78 is 5.63. The van der Waals surface area contributed by atoms with E-state index in [2.05, 4.69) is 37.7 Å². The summed E-state index contributed by atoms with van der Waals surface area (Å²) in [5.41, 5.74) is 9.75. The smallest absolute Gasteiger partial charge is 0.204 e. The Balaban J connectivity index is 2.20. The zero-order valence-electron chi connectivity index (χ0n) is 16.2. The second-order valence-corrected chi connectivity index (χ2v) is 6.70. The molecule has 0 bridgehead atoms. The molecule has 0 amide bonds. The van der Waals surface area contributed by atoms with Crippen molar-refractivity contribution >= 4 is 17.1 Å². The minimum Gasteiger partial charge on any atom is -0.495 e. The van der Waals surface area contributed by atoms with E-state index in [9.17, 15) is 4.79 Å². The first-order valence-corrected chi connectivity index (χ1v) is 8.89. The topological polar surface area (TPSA) is 54.5 Å². The van der Waals surface area contributed by atoms with Crippen molar-refractivity contribution in [2.45, 2.75) is 54.4 Å². The lowest BCUT2D eigenvalue weighted by Gasteiger charge is -2.25. The second kappa shape index (κ2) is 6.17. The monoisotopic (exact) mass is 338 g/mol. The van der Waals surface area contributed by atoms with Gasteiger partial charge < -0.3 is 9.72 Å². The maximum Gasteiger partial charge on any atom is 0.204 e. The minimum absolute atomic E-state index is 0.0205. The van der Waals surface area contributed by atoms with Gasteiger partial charge in [-0.3, -0.25) is 9.79 Å². The number of hydrogen-bond donors (Lipinski definition) is 1. The third-order valence-electron chi connectivity index (χ3n) is 5.42. The number of hydrogen-bond acceptors (Lipinski definition) is 3. The molecule has 2 heterocycles. The fourth-order valence-electron chi connectivity index (χ4n) is 4.11. The lowest BCUT2D eigenvalue weighted by molar-refractivity contribution is -0.111. The van der Waals surface area contributed by atoms with Crippen molar-refractivity contribution in [1.29, 1.82) is 0 Å². The second-order valence-electron chi connectivity index (χ2n) is 6.70. The van der Waals surface area contributed by atoms with Crippen LogP contribution in [0.25, 0.3) is 5.57 Å². The number of rotatable bonds is 4. The molecule has 0 unspecified atom stereocenters. The first-order chi connectivity index (χ1) is 11.9. The number of nitrogens with one attached hydrogen (secondary N) is 1. The first-order valence-electron chi connectivity index (χ1n) is 8.89. The highest BCUT2D eigenvalue weighted by Gasteiger charge is 2.41. The van der Waals surface area contributed by atoms with Gasteiger partial charge in [0, 0.05) is 11.4 Å². The van der Waals surface area contributed by atoms with Gasteiger partial charge in [-0.25, -0.2) is 0 Å². The molecule has 0 saturated heterocycles. The van der Waals surface area contributed by atoms with Gasteiger partial charge in [-0.1, -0.05) is 13.8 Å². The molecule has 0 atom stereocenters. The average molecular weight is 338 g/mol. The van der Waals surface area contributed by atoms with Gasteiger partial charge in [0.2, 0.25) is 5.78 Å². The maximum atomic E-state index is 13.0. The van der Waals surface area contributed by atoms with Crippen LogP contribution in [-0.2, 0) is 16.0 Å². The number of carbonyl (C=O) groups is 1. The number of ether oxygens (including phenoxy) is 1. The van der Waals surface area contributed by atoms with Gasteiger partial charge in [-0.2, -0.15) is 0 Å². The number of aliphatic imine (C=N–C) groups is 1. The molecule has 132 valence electrons. The van der Waals surface area contributed by atoms with Crippen LogP contribution in [0.5, 0.6) is 0 Å². The third kappa shape index (κ3) is 2.35. The molecule has 0 radical (unpaired) electrons. The molecular weight excluding hydrogens is 312 g/mol. The number of H-pyrrole nitrogens is 1. The van der Waals surface area contributed by atoms with E-state index in [4.69, 9.17) is 4.74 Å². The van der Waals surface area contributed by atoms with Gasteiger partial charge in [0.15, 0.2) is 0 Å². The van der Waals surface area contributed by atoms with Crippen LogP contribution in [0, 0.1) is 13.8 Å².